The minimum Gasteiger partial charge on any atom is -0.378 e. The number of hydrogen-bond acceptors (Lipinski definition) is 3. The second-order valence-corrected chi connectivity index (χ2v) is 4.47. The van der Waals surface area contributed by atoms with E-state index < -0.39 is 11.6 Å². The molecule has 0 radical (unpaired) electrons. The number of rotatable bonds is 2. The molecule has 1 fully saturated rings. The molecule has 0 saturated carbocycles. The van der Waals surface area contributed by atoms with Crippen LogP contribution in [0.1, 0.15) is 12.5 Å². The Morgan fingerprint density at radius 1 is 1.12 bits per heavy atom. The summed E-state index contributed by atoms with van der Waals surface area (Å²) >= 11 is 0. The van der Waals surface area contributed by atoms with Gasteiger partial charge >= 0.3 is 6.03 Å². The zero-order chi connectivity index (χ0) is 12.6. The van der Waals surface area contributed by atoms with Gasteiger partial charge in [0.15, 0.2) is 0 Å². The van der Waals surface area contributed by atoms with Crippen LogP contribution in [0.2, 0.25) is 0 Å². The number of carbonyl (C=O) groups is 2. The van der Waals surface area contributed by atoms with Gasteiger partial charge < -0.3 is 10.2 Å². The van der Waals surface area contributed by atoms with Crippen molar-refractivity contribution in [2.45, 2.75) is 12.5 Å². The number of nitrogens with one attached hydrogen (secondary N) is 2. The summed E-state index contributed by atoms with van der Waals surface area (Å²) in [4.78, 5) is 24.9. The second kappa shape index (κ2) is 3.76. The highest BCUT2D eigenvalue weighted by Crippen LogP contribution is 2.25. The Balaban J connectivity index is 2.34. The molecular weight excluding hydrogens is 218 g/mol. The van der Waals surface area contributed by atoms with E-state index in [9.17, 15) is 9.59 Å². The van der Waals surface area contributed by atoms with Crippen LogP contribution in [0.15, 0.2) is 24.3 Å². The van der Waals surface area contributed by atoms with Crippen molar-refractivity contribution in [3.05, 3.63) is 29.8 Å². The first-order chi connectivity index (χ1) is 7.93. The van der Waals surface area contributed by atoms with Gasteiger partial charge in [-0.05, 0) is 24.6 Å². The van der Waals surface area contributed by atoms with Crippen molar-refractivity contribution in [2.75, 3.05) is 19.0 Å². The van der Waals surface area contributed by atoms with Crippen molar-refractivity contribution in [1.29, 1.82) is 0 Å². The highest BCUT2D eigenvalue weighted by Gasteiger charge is 2.43. The van der Waals surface area contributed by atoms with Crippen LogP contribution in [0.5, 0.6) is 0 Å². The van der Waals surface area contributed by atoms with E-state index in [1.807, 2.05) is 43.3 Å². The topological polar surface area (TPSA) is 61.4 Å². The van der Waals surface area contributed by atoms with Crippen molar-refractivity contribution < 1.29 is 9.59 Å². The first-order valence-electron chi connectivity index (χ1n) is 5.35. The summed E-state index contributed by atoms with van der Waals surface area (Å²) < 4.78 is 0. The van der Waals surface area contributed by atoms with Gasteiger partial charge in [0.1, 0.15) is 5.54 Å². The average Bonchev–Trinajstić information content (AvgIpc) is 2.54. The molecule has 5 nitrogen and oxygen atoms in total. The molecule has 0 aliphatic carbocycles. The van der Waals surface area contributed by atoms with E-state index in [0.717, 1.165) is 11.3 Å². The highest BCUT2D eigenvalue weighted by atomic mass is 16.2. The number of carbonyl (C=O) groups excluding carboxylic acids is 2. The fraction of sp³-hybridized carbons (Fsp3) is 0.333. The van der Waals surface area contributed by atoms with Crippen LogP contribution in [-0.4, -0.2) is 26.0 Å². The molecule has 3 amide bonds. The zero-order valence-electron chi connectivity index (χ0n) is 10.1. The molecule has 2 N–H and O–H groups in total. The number of benzene rings is 1. The molecule has 1 atom stereocenters. The maximum Gasteiger partial charge on any atom is 0.322 e. The maximum atomic E-state index is 11.7. The number of urea groups is 1. The number of anilines is 1. The lowest BCUT2D eigenvalue weighted by molar-refractivity contribution is -0.123. The molecule has 1 unspecified atom stereocenters. The molecule has 0 spiro atoms. The van der Waals surface area contributed by atoms with Crippen molar-refractivity contribution in [3.8, 4) is 0 Å². The second-order valence-electron chi connectivity index (χ2n) is 4.47. The first kappa shape index (κ1) is 11.4. The van der Waals surface area contributed by atoms with Gasteiger partial charge in [-0.1, -0.05) is 12.1 Å². The lowest BCUT2D eigenvalue weighted by Gasteiger charge is -2.22. The Hall–Kier alpha value is -2.04. The number of hydrogen-bond donors (Lipinski definition) is 2. The van der Waals surface area contributed by atoms with Crippen LogP contribution in [0.4, 0.5) is 10.5 Å². The Morgan fingerprint density at radius 3 is 2.12 bits per heavy atom. The number of amides is 3. The summed E-state index contributed by atoms with van der Waals surface area (Å²) in [6.45, 7) is 1.69. The first-order valence-corrected chi connectivity index (χ1v) is 5.35. The standard InChI is InChI=1S/C12H15N3O2/c1-12(10(16)13-11(17)14-12)8-4-6-9(7-5-8)15(2)3/h4-7H,1-3H3,(H2,13,14,16,17). The van der Waals surface area contributed by atoms with E-state index >= 15 is 0 Å². The van der Waals surface area contributed by atoms with E-state index in [4.69, 9.17) is 0 Å². The molecule has 17 heavy (non-hydrogen) atoms. The van der Waals surface area contributed by atoms with Gasteiger partial charge in [-0.3, -0.25) is 10.1 Å². The van der Waals surface area contributed by atoms with Crippen molar-refractivity contribution in [3.63, 3.8) is 0 Å². The van der Waals surface area contributed by atoms with Gasteiger partial charge in [0.05, 0.1) is 0 Å². The third kappa shape index (κ3) is 1.84. The summed E-state index contributed by atoms with van der Waals surface area (Å²) in [7, 11) is 3.89. The van der Waals surface area contributed by atoms with Gasteiger partial charge in [0, 0.05) is 19.8 Å². The Morgan fingerprint density at radius 2 is 1.71 bits per heavy atom. The van der Waals surface area contributed by atoms with Crippen LogP contribution < -0.4 is 15.5 Å². The van der Waals surface area contributed by atoms with Crippen LogP contribution in [0.25, 0.3) is 0 Å². The predicted octanol–water partition coefficient (Wildman–Crippen LogP) is 0.807. The van der Waals surface area contributed by atoms with Gasteiger partial charge in [0.25, 0.3) is 5.91 Å². The number of imide groups is 1. The third-order valence-electron chi connectivity index (χ3n) is 3.01. The van der Waals surface area contributed by atoms with Gasteiger partial charge in [0.2, 0.25) is 0 Å². The van der Waals surface area contributed by atoms with E-state index in [2.05, 4.69) is 10.6 Å². The summed E-state index contributed by atoms with van der Waals surface area (Å²) in [5.74, 6) is -0.319. The Kier molecular flexibility index (Phi) is 2.53. The van der Waals surface area contributed by atoms with Crippen LogP contribution in [0.3, 0.4) is 0 Å². The van der Waals surface area contributed by atoms with Crippen LogP contribution in [-0.2, 0) is 10.3 Å². The predicted molar refractivity (Wildman–Crippen MR) is 64.8 cm³/mol. The molecule has 1 aliphatic heterocycles. The summed E-state index contributed by atoms with van der Waals surface area (Å²) in [5, 5.41) is 4.88. The molecule has 0 bridgehead atoms. The SMILES string of the molecule is CN(C)c1ccc(C2(C)NC(=O)NC2=O)cc1. The van der Waals surface area contributed by atoms with Crippen LogP contribution >= 0.6 is 0 Å². The van der Waals surface area contributed by atoms with E-state index in [0.29, 0.717) is 0 Å². The normalized spacial score (nSPS) is 23.2. The molecule has 1 aromatic rings. The van der Waals surface area contributed by atoms with Crippen LogP contribution in [0, 0.1) is 0 Å². The molecule has 1 heterocycles. The molecule has 0 aromatic heterocycles. The summed E-state index contributed by atoms with van der Waals surface area (Å²) in [6, 6.07) is 7.08. The van der Waals surface area contributed by atoms with Gasteiger partial charge in [-0.25, -0.2) is 4.79 Å². The maximum absolute atomic E-state index is 11.7. The molecule has 1 saturated heterocycles. The van der Waals surface area contributed by atoms with Crippen molar-refractivity contribution in [2.24, 2.45) is 0 Å². The molecule has 5 heteroatoms. The third-order valence-corrected chi connectivity index (χ3v) is 3.01. The number of nitrogens with zero attached hydrogens (tertiary/aromatic N) is 1. The van der Waals surface area contributed by atoms with E-state index in [-0.39, 0.29) is 5.91 Å². The fourth-order valence-electron chi connectivity index (χ4n) is 1.84. The fourth-order valence-corrected chi connectivity index (χ4v) is 1.84. The largest absolute Gasteiger partial charge is 0.378 e. The average molecular weight is 233 g/mol. The lowest BCUT2D eigenvalue weighted by atomic mass is 9.92. The summed E-state index contributed by atoms with van der Waals surface area (Å²) in [5.41, 5.74) is 0.843. The monoisotopic (exact) mass is 233 g/mol. The minimum atomic E-state index is -0.970. The molecule has 1 aromatic carbocycles. The quantitative estimate of drug-likeness (QED) is 0.743. The molecular formula is C12H15N3O2. The Labute approximate surface area is 99.8 Å². The smallest absolute Gasteiger partial charge is 0.322 e. The van der Waals surface area contributed by atoms with Gasteiger partial charge in [-0.15, -0.1) is 0 Å². The molecule has 1 aliphatic rings. The summed E-state index contributed by atoms with van der Waals surface area (Å²) in [6.07, 6.45) is 0. The van der Waals surface area contributed by atoms with E-state index in [1.165, 1.54) is 0 Å². The van der Waals surface area contributed by atoms with E-state index in [1.54, 1.807) is 6.92 Å². The van der Waals surface area contributed by atoms with Crippen molar-refractivity contribution in [1.82, 2.24) is 10.6 Å². The van der Waals surface area contributed by atoms with Gasteiger partial charge in [-0.2, -0.15) is 0 Å². The van der Waals surface area contributed by atoms with Crippen molar-refractivity contribution >= 4 is 17.6 Å². The molecule has 90 valence electrons. The zero-order valence-corrected chi connectivity index (χ0v) is 10.1. The lowest BCUT2D eigenvalue weighted by Crippen LogP contribution is -2.40. The Bertz CT molecular complexity index is 467. The highest BCUT2D eigenvalue weighted by molar-refractivity contribution is 6.07. The molecule has 2 rings (SSSR count). The minimum absolute atomic E-state index is 0.319.